The molecule has 149 heavy (non-hydrogen) atoms. The molecular formula is C131H182N14O2S2. The highest BCUT2D eigenvalue weighted by atomic mass is 32.1. The van der Waals surface area contributed by atoms with Gasteiger partial charge in [0.25, 0.3) is 0 Å². The van der Waals surface area contributed by atoms with Crippen LogP contribution in [0, 0.1) is 62.3 Å². The fourth-order valence-electron chi connectivity index (χ4n) is 18.5. The highest BCUT2D eigenvalue weighted by molar-refractivity contribution is 7.19. The molecule has 800 valence electrons. The van der Waals surface area contributed by atoms with Crippen molar-refractivity contribution in [1.29, 1.82) is 0 Å². The van der Waals surface area contributed by atoms with Crippen LogP contribution in [-0.4, -0.2) is 66.5 Å². The Morgan fingerprint density at radius 1 is 0.315 bits per heavy atom. The molecule has 0 spiro atoms. The first kappa shape index (κ1) is 122. The van der Waals surface area contributed by atoms with E-state index in [2.05, 4.69) is 511 Å². The van der Waals surface area contributed by atoms with Gasteiger partial charge >= 0.3 is 5.69 Å². The summed E-state index contributed by atoms with van der Waals surface area (Å²) >= 11 is 3.80. The van der Waals surface area contributed by atoms with Gasteiger partial charge in [-0.1, -0.05) is 288 Å². The van der Waals surface area contributed by atoms with E-state index < -0.39 is 0 Å². The lowest BCUT2D eigenvalue weighted by Gasteiger charge is -2.23. The summed E-state index contributed by atoms with van der Waals surface area (Å²) in [5, 5.41) is 9.47. The van der Waals surface area contributed by atoms with Crippen molar-refractivity contribution >= 4 is 126 Å². The molecule has 0 saturated carbocycles. The van der Waals surface area contributed by atoms with Crippen LogP contribution in [0.3, 0.4) is 0 Å². The normalized spacial score (nSPS) is 12.1. The molecule has 11 heterocycles. The molecule has 20 rings (SSSR count). The van der Waals surface area contributed by atoms with Crippen molar-refractivity contribution in [2.24, 2.45) is 42.3 Å². The number of aryl methyl sites for hydroxylation is 15. The lowest BCUT2D eigenvalue weighted by Crippen LogP contribution is -2.22. The van der Waals surface area contributed by atoms with Crippen LogP contribution in [0.4, 0.5) is 0 Å². The first-order valence-electron chi connectivity index (χ1n) is 51.6. The molecule has 0 aliphatic rings. The third-order valence-electron chi connectivity index (χ3n) is 27.2. The summed E-state index contributed by atoms with van der Waals surface area (Å²) in [7, 11) is 11.8. The molecule has 0 amide bonds. The van der Waals surface area contributed by atoms with Crippen LogP contribution in [0.5, 0.6) is 0 Å². The zero-order chi connectivity index (χ0) is 109. The van der Waals surface area contributed by atoms with Crippen LogP contribution in [-0.2, 0) is 96.6 Å². The van der Waals surface area contributed by atoms with Crippen molar-refractivity contribution in [1.82, 2.24) is 66.5 Å². The number of hydrogen-bond donors (Lipinski definition) is 0. The third kappa shape index (κ3) is 29.3. The average Bonchev–Trinajstić information content (AvgIpc) is 1.63. The van der Waals surface area contributed by atoms with Crippen LogP contribution >= 0.6 is 22.7 Å². The Morgan fingerprint density at radius 2 is 0.752 bits per heavy atom. The van der Waals surface area contributed by atoms with Gasteiger partial charge in [-0.15, -0.1) is 22.7 Å². The number of furan rings is 1. The van der Waals surface area contributed by atoms with Crippen LogP contribution in [0.25, 0.3) is 103 Å². The number of rotatable bonds is 0. The molecule has 0 bridgehead atoms. The fourth-order valence-corrected chi connectivity index (χ4v) is 20.6. The lowest BCUT2D eigenvalue weighted by molar-refractivity contribution is 0.399. The van der Waals surface area contributed by atoms with E-state index >= 15 is 0 Å². The minimum absolute atomic E-state index is 0. The number of pyridine rings is 1. The number of para-hydroxylation sites is 4. The Hall–Kier alpha value is -12.3. The number of imidazole rings is 6. The van der Waals surface area contributed by atoms with Gasteiger partial charge < -0.3 is 27.1 Å². The first-order chi connectivity index (χ1) is 67.3. The number of thiophene rings is 2. The lowest BCUT2D eigenvalue weighted by atomic mass is 9.86. The molecule has 0 radical (unpaired) electrons. The highest BCUT2D eigenvalue weighted by Gasteiger charge is 2.28. The topological polar surface area (TPSA) is 146 Å². The van der Waals surface area contributed by atoms with Gasteiger partial charge in [0.1, 0.15) is 40.3 Å². The van der Waals surface area contributed by atoms with Crippen molar-refractivity contribution in [3.05, 3.63) is 323 Å². The van der Waals surface area contributed by atoms with Gasteiger partial charge in [-0.05, 0) is 303 Å². The third-order valence-corrected chi connectivity index (χ3v) is 29.9. The van der Waals surface area contributed by atoms with E-state index in [-0.39, 0.29) is 82.2 Å². The van der Waals surface area contributed by atoms with E-state index in [9.17, 15) is 4.79 Å². The standard InChI is InChI=1S/C14H20N2.C13H18N2O.2C13H18N2.C13H16O.2C13H16S.3C12H16N2.3CH4/c1-9-7-12-15-11(3)13(14(4,5)6)16(12)8-10(9)2;1-13(2,3)9-6-7-10-11(8-9)15(5)12(16)14(10)4;1-9-14-11-8-10(13(2,3)4)6-7-12(11)15(9)5;1-9-14-11-7-6-10(13(2,3)4)8-12(11)15(9)5;2*1-9-7-10-8-11(13(2,3)4)5-6-12(10)14-9;1-9-10-7-5-6-8-11(10)14-12(9)13(2,3)4;1-12(2,3)10-5-6-11-9(7-10)8-13-14(11)4;1-12(2,3)11-13-9-7-5-6-8-10(9)14(11)4;1-9-13-10-7-5-6-8-11(10)14(9)12(2,3)4;;;/h7-8H,1-6H3;6-8H,1-5H3;2*6-8H,1-5H3;6*5-8H,1-4H3;3*1H4. The Morgan fingerprint density at radius 3 is 1.28 bits per heavy atom. The van der Waals surface area contributed by atoms with Crippen molar-refractivity contribution in [2.75, 3.05) is 0 Å². The van der Waals surface area contributed by atoms with Gasteiger partial charge in [0.15, 0.2) is 0 Å². The van der Waals surface area contributed by atoms with Gasteiger partial charge in [-0.25, -0.2) is 29.7 Å². The Balaban J connectivity index is 0.000000201. The van der Waals surface area contributed by atoms with Crippen LogP contribution < -0.4 is 5.69 Å². The maximum absolute atomic E-state index is 11.8. The molecule has 0 fully saturated rings. The maximum Gasteiger partial charge on any atom is 0.328 e. The van der Waals surface area contributed by atoms with E-state index in [1.54, 1.807) is 16.2 Å². The van der Waals surface area contributed by atoms with Gasteiger partial charge in [-0.2, -0.15) is 5.10 Å². The Kier molecular flexibility index (Phi) is 38.2. The first-order valence-corrected chi connectivity index (χ1v) is 53.2. The van der Waals surface area contributed by atoms with Crippen LogP contribution in [0.1, 0.15) is 330 Å². The van der Waals surface area contributed by atoms with Gasteiger partial charge in [-0.3, -0.25) is 13.8 Å². The van der Waals surface area contributed by atoms with E-state index in [1.807, 2.05) is 86.6 Å². The number of hydrogen-bond acceptors (Lipinski definition) is 10. The second-order valence-corrected chi connectivity index (χ2v) is 52.4. The molecule has 16 nitrogen and oxygen atoms in total. The monoisotopic (exact) mass is 2050 g/mol. The quantitative estimate of drug-likeness (QED) is 0.146. The van der Waals surface area contributed by atoms with Crippen molar-refractivity contribution in [3.63, 3.8) is 0 Å². The molecule has 0 aliphatic carbocycles. The minimum Gasteiger partial charge on any atom is -0.461 e. The molecule has 0 unspecified atom stereocenters. The summed E-state index contributed by atoms with van der Waals surface area (Å²) in [6, 6.07) is 70.8. The largest absolute Gasteiger partial charge is 0.461 e. The van der Waals surface area contributed by atoms with Gasteiger partial charge in [0.05, 0.1) is 78.3 Å². The van der Waals surface area contributed by atoms with Gasteiger partial charge in [0.2, 0.25) is 0 Å². The number of fused-ring (bicyclic) bond motifs is 10. The molecule has 0 saturated heterocycles. The van der Waals surface area contributed by atoms with Crippen LogP contribution in [0.15, 0.2) is 222 Å². The highest BCUT2D eigenvalue weighted by Crippen LogP contribution is 2.40. The molecule has 20 aromatic rings. The van der Waals surface area contributed by atoms with Crippen molar-refractivity contribution < 1.29 is 4.42 Å². The SMILES string of the molecule is C.C.C.Cc1c(C(C)(C)C)sc2ccccc12.Cc1cc2cc(C(C)(C)C)ccc2o1.Cc1cc2cc(C(C)(C)C)ccc2s1.Cc1cc2nc(C)c(C(C)(C)C)n2cc1C.Cc1nc2cc(C(C)(C)C)ccc2n1C.Cc1nc2ccc(C(C)(C)C)cc2n1C.Cc1nc2ccccc2n1C(C)(C)C.Cn1c(=O)n(C)c2cc(C(C)(C)C)ccc21.Cn1c(C(C)(C)C)nc2ccccc21.Cn1ncc2cc(C(C)(C)C)ccc21. The average molecular weight is 2050 g/mol. The fraction of sp³-hybridized carbons (Fsp3) is 0.443. The minimum atomic E-state index is 0. The summed E-state index contributed by atoms with van der Waals surface area (Å²) in [6.45, 7) is 85.7. The maximum atomic E-state index is 11.8. The van der Waals surface area contributed by atoms with Gasteiger partial charge in [0, 0.05) is 94.8 Å². The zero-order valence-electron chi connectivity index (χ0n) is 97.1. The number of benzene rings is 9. The van der Waals surface area contributed by atoms with Crippen molar-refractivity contribution in [2.45, 2.75) is 347 Å². The molecule has 11 aromatic heterocycles. The van der Waals surface area contributed by atoms with Crippen molar-refractivity contribution in [3.8, 4) is 0 Å². The van der Waals surface area contributed by atoms with Crippen LogP contribution in [0.2, 0.25) is 0 Å². The summed E-state index contributed by atoms with van der Waals surface area (Å²) in [6.07, 6.45) is 4.12. The zero-order valence-corrected chi connectivity index (χ0v) is 98.7. The summed E-state index contributed by atoms with van der Waals surface area (Å²) < 4.78 is 24.6. The number of nitrogens with zero attached hydrogens (tertiary/aromatic N) is 14. The number of aromatic nitrogens is 14. The second-order valence-electron chi connectivity index (χ2n) is 50.1. The predicted octanol–water partition coefficient (Wildman–Crippen LogP) is 35.9. The molecule has 18 heteroatoms. The molecule has 0 aliphatic heterocycles. The second kappa shape index (κ2) is 46.7. The molecule has 0 N–H and O–H groups in total. The summed E-state index contributed by atoms with van der Waals surface area (Å²) in [4.78, 5) is 37.6. The molecular weight excluding hydrogens is 1870 g/mol. The molecule has 0 atom stereocenters. The smallest absolute Gasteiger partial charge is 0.328 e. The molecule has 9 aromatic carbocycles. The van der Waals surface area contributed by atoms with E-state index in [4.69, 9.17) is 4.42 Å². The van der Waals surface area contributed by atoms with E-state index in [0.29, 0.717) is 0 Å². The summed E-state index contributed by atoms with van der Waals surface area (Å²) in [5.74, 6) is 5.33. The van der Waals surface area contributed by atoms with E-state index in [1.165, 1.54) is 124 Å². The predicted molar refractivity (Wildman–Crippen MR) is 652 cm³/mol. The Bertz CT molecular complexity index is 7830. The van der Waals surface area contributed by atoms with E-state index in [0.717, 1.165) is 79.1 Å². The Labute approximate surface area is 902 Å². The summed E-state index contributed by atoms with van der Waals surface area (Å²) in [5.41, 5.74) is 30.8.